The maximum absolute atomic E-state index is 15.1. The van der Waals surface area contributed by atoms with Crippen molar-refractivity contribution in [2.24, 2.45) is 11.8 Å². The maximum Gasteiger partial charge on any atom is 0.264 e. The van der Waals surface area contributed by atoms with E-state index < -0.39 is 19.8 Å². The topological polar surface area (TPSA) is 120 Å². The zero-order chi connectivity index (χ0) is 37.5. The van der Waals surface area contributed by atoms with E-state index in [0.29, 0.717) is 24.7 Å². The molecular formula is C41H51ClN4O6Si. The predicted molar refractivity (Wildman–Crippen MR) is 209 cm³/mol. The Morgan fingerprint density at radius 1 is 1.08 bits per heavy atom. The fourth-order valence-electron chi connectivity index (χ4n) is 9.48. The molecule has 3 amide bonds. The molecule has 3 aromatic carbocycles. The van der Waals surface area contributed by atoms with Gasteiger partial charge in [0.1, 0.15) is 5.75 Å². The van der Waals surface area contributed by atoms with Gasteiger partial charge >= 0.3 is 0 Å². The van der Waals surface area contributed by atoms with Gasteiger partial charge in [-0.3, -0.25) is 14.4 Å². The largest absolute Gasteiger partial charge is 0.497 e. The van der Waals surface area contributed by atoms with Gasteiger partial charge in [-0.2, -0.15) is 0 Å². The van der Waals surface area contributed by atoms with Crippen LogP contribution in [0.3, 0.4) is 0 Å². The lowest BCUT2D eigenvalue weighted by Crippen LogP contribution is -2.52. The third kappa shape index (κ3) is 6.91. The maximum atomic E-state index is 15.1. The van der Waals surface area contributed by atoms with Crippen molar-refractivity contribution < 1.29 is 29.0 Å². The minimum atomic E-state index is -2.47. The van der Waals surface area contributed by atoms with E-state index in [9.17, 15) is 14.7 Å². The van der Waals surface area contributed by atoms with E-state index in [1.54, 1.807) is 23.0 Å². The highest BCUT2D eigenvalue weighted by Gasteiger charge is 2.66. The molecule has 0 radical (unpaired) electrons. The number of hydrogen-bond acceptors (Lipinski definition) is 7. The number of carbonyl (C=O) groups is 3. The van der Waals surface area contributed by atoms with E-state index in [-0.39, 0.29) is 54.2 Å². The van der Waals surface area contributed by atoms with Crippen LogP contribution in [-0.4, -0.2) is 81.3 Å². The molecule has 6 atom stereocenters. The number of aliphatic hydroxyl groups excluding tert-OH is 1. The number of fused-ring (bicyclic) bond motifs is 2. The molecule has 0 bridgehead atoms. The van der Waals surface area contributed by atoms with Crippen LogP contribution < -0.4 is 25.5 Å². The number of hydrogen-bond donors (Lipinski definition) is 3. The molecule has 282 valence electrons. The summed E-state index contributed by atoms with van der Waals surface area (Å²) in [5.74, 6) is 0.214. The summed E-state index contributed by atoms with van der Waals surface area (Å²) in [7, 11) is -0.821. The number of aliphatic hydroxyl groups is 1. The lowest BCUT2D eigenvalue weighted by atomic mass is 9.82. The molecule has 1 unspecified atom stereocenters. The van der Waals surface area contributed by atoms with Crippen LogP contribution >= 0.6 is 11.6 Å². The number of nitrogens with zero attached hydrogens (tertiary/aromatic N) is 2. The average Bonchev–Trinajstić information content (AvgIpc) is 3.83. The summed E-state index contributed by atoms with van der Waals surface area (Å²) in [6.45, 7) is 9.15. The van der Waals surface area contributed by atoms with Crippen LogP contribution in [0.15, 0.2) is 66.7 Å². The van der Waals surface area contributed by atoms with Crippen LogP contribution in [0.25, 0.3) is 0 Å². The number of ether oxygens (including phenoxy) is 2. The Bertz CT molecular complexity index is 1830. The second-order valence-corrected chi connectivity index (χ2v) is 20.8. The van der Waals surface area contributed by atoms with Gasteiger partial charge in [-0.15, -0.1) is 0 Å². The summed E-state index contributed by atoms with van der Waals surface area (Å²) in [4.78, 5) is 45.6. The van der Waals surface area contributed by atoms with Crippen molar-refractivity contribution in [1.82, 2.24) is 10.2 Å². The number of benzene rings is 3. The number of nitrogens with one attached hydrogen (secondary N) is 2. The van der Waals surface area contributed by atoms with Gasteiger partial charge in [-0.25, -0.2) is 0 Å². The first-order valence-corrected chi connectivity index (χ1v) is 22.4. The van der Waals surface area contributed by atoms with E-state index in [0.717, 1.165) is 60.5 Å². The number of amides is 3. The van der Waals surface area contributed by atoms with Gasteiger partial charge in [0.15, 0.2) is 5.60 Å². The smallest absolute Gasteiger partial charge is 0.264 e. The van der Waals surface area contributed by atoms with Crippen LogP contribution in [0.2, 0.25) is 23.7 Å². The summed E-state index contributed by atoms with van der Waals surface area (Å²) >= 11 is 6.68. The lowest BCUT2D eigenvalue weighted by molar-refractivity contribution is -0.150. The molecule has 53 heavy (non-hydrogen) atoms. The van der Waals surface area contributed by atoms with Crippen molar-refractivity contribution >= 4 is 54.0 Å². The summed E-state index contributed by atoms with van der Waals surface area (Å²) in [5, 5.41) is 18.1. The minimum absolute atomic E-state index is 0.0140. The normalized spacial score (nSPS) is 27.0. The average molecular weight is 759 g/mol. The molecule has 0 saturated carbocycles. The summed E-state index contributed by atoms with van der Waals surface area (Å²) in [6.07, 6.45) is 3.05. The molecule has 12 heteroatoms. The van der Waals surface area contributed by atoms with E-state index in [4.69, 9.17) is 21.1 Å². The molecule has 3 aromatic rings. The first kappa shape index (κ1) is 37.6. The second-order valence-electron chi connectivity index (χ2n) is 15.7. The van der Waals surface area contributed by atoms with E-state index in [1.165, 1.54) is 5.19 Å². The molecule has 3 N–H and O–H groups in total. The van der Waals surface area contributed by atoms with E-state index in [1.807, 2.05) is 48.5 Å². The van der Waals surface area contributed by atoms with Crippen molar-refractivity contribution in [2.45, 2.75) is 82.0 Å². The highest BCUT2D eigenvalue weighted by atomic mass is 35.5. The Morgan fingerprint density at radius 3 is 2.51 bits per heavy atom. The molecule has 3 fully saturated rings. The second kappa shape index (κ2) is 15.2. The van der Waals surface area contributed by atoms with Crippen molar-refractivity contribution in [3.63, 3.8) is 0 Å². The third-order valence-corrected chi connectivity index (χ3v) is 16.9. The van der Waals surface area contributed by atoms with Crippen LogP contribution in [0.5, 0.6) is 5.75 Å². The quantitative estimate of drug-likeness (QED) is 0.236. The Kier molecular flexibility index (Phi) is 10.8. The first-order chi connectivity index (χ1) is 25.5. The van der Waals surface area contributed by atoms with Crippen LogP contribution in [0, 0.1) is 11.8 Å². The van der Waals surface area contributed by atoms with Gasteiger partial charge < -0.3 is 35.0 Å². The highest BCUT2D eigenvalue weighted by molar-refractivity contribution is 6.91. The molecule has 4 heterocycles. The number of anilines is 2. The molecule has 4 aliphatic rings. The van der Waals surface area contributed by atoms with E-state index in [2.05, 4.69) is 42.8 Å². The van der Waals surface area contributed by atoms with E-state index >= 15 is 4.79 Å². The van der Waals surface area contributed by atoms with Crippen molar-refractivity contribution in [3.05, 3.63) is 82.9 Å². The molecule has 3 saturated heterocycles. The van der Waals surface area contributed by atoms with Crippen LogP contribution in [0.4, 0.5) is 11.4 Å². The van der Waals surface area contributed by atoms with Crippen molar-refractivity contribution in [2.75, 3.05) is 43.6 Å². The minimum Gasteiger partial charge on any atom is -0.497 e. The molecular weight excluding hydrogens is 708 g/mol. The van der Waals surface area contributed by atoms with Gasteiger partial charge in [0.2, 0.25) is 11.8 Å². The molecule has 4 aliphatic heterocycles. The summed E-state index contributed by atoms with van der Waals surface area (Å²) in [5.41, 5.74) is 1.61. The zero-order valence-corrected chi connectivity index (χ0v) is 32.8. The zero-order valence-electron chi connectivity index (χ0n) is 31.1. The number of likely N-dealkylation sites (tertiary alicyclic amines) is 1. The predicted octanol–water partition coefficient (Wildman–Crippen LogP) is 5.42. The molecule has 0 aromatic heterocycles. The van der Waals surface area contributed by atoms with Gasteiger partial charge in [-0.05, 0) is 85.8 Å². The molecule has 1 spiro atoms. The summed E-state index contributed by atoms with van der Waals surface area (Å²) in [6, 6.07) is 21.2. The summed E-state index contributed by atoms with van der Waals surface area (Å²) < 4.78 is 12.6. The Labute approximate surface area is 318 Å². The highest BCUT2D eigenvalue weighted by Crippen LogP contribution is 2.60. The van der Waals surface area contributed by atoms with Gasteiger partial charge in [0, 0.05) is 35.3 Å². The third-order valence-electron chi connectivity index (χ3n) is 12.3. The van der Waals surface area contributed by atoms with Gasteiger partial charge in [0.05, 0.1) is 58.5 Å². The number of carbonyl (C=O) groups excluding carboxylic acids is 3. The number of methoxy groups -OCH3 is 1. The molecule has 0 aliphatic carbocycles. The number of piperidine rings is 1. The number of rotatable bonds is 10. The number of halogens is 1. The fraction of sp³-hybridized carbons (Fsp3) is 0.488. The SMILES string of the molecule is COc1ccc([Si](C)(C)[C@@H]2[C@@H](CC(=O)N3CCC[C@H]3CO)O[C@]3(C(=O)N(Cc4ccc(NC(=O)C5CCCNC5)cc4)c4ccc(Cl)cc43)[C@H]2C)cc1. The first-order valence-electron chi connectivity index (χ1n) is 18.9. The van der Waals surface area contributed by atoms with Crippen LogP contribution in [-0.2, 0) is 31.3 Å². The lowest BCUT2D eigenvalue weighted by Gasteiger charge is -2.37. The Morgan fingerprint density at radius 2 is 1.83 bits per heavy atom. The Hall–Kier alpha value is -3.74. The molecule has 7 rings (SSSR count). The van der Waals surface area contributed by atoms with Crippen LogP contribution in [0.1, 0.15) is 50.2 Å². The van der Waals surface area contributed by atoms with Gasteiger partial charge in [-0.1, -0.05) is 61.1 Å². The standard InChI is InChI=1S/C41H51ClN4O6Si/c1-26-38(53(3,4)33-16-14-32(51-2)15-17-33)36(22-37(48)45-20-6-8-31(45)25-47)52-41(26)34-21-29(42)11-18-35(34)46(40(41)50)24-27-9-12-30(13-10-27)44-39(49)28-7-5-19-43-23-28/h9-18,21,26,28,31,36,38,43,47H,5-8,19-20,22-25H2,1-4H3,(H,44,49)/t26-,28?,31-,36+,38-,41+/m0/s1. The monoisotopic (exact) mass is 758 g/mol. The molecule has 10 nitrogen and oxygen atoms in total. The Balaban J connectivity index is 1.21. The van der Waals surface area contributed by atoms with Gasteiger partial charge in [0.25, 0.3) is 5.91 Å². The van der Waals surface area contributed by atoms with Crippen molar-refractivity contribution in [3.8, 4) is 5.75 Å². The fourth-order valence-corrected chi connectivity index (χ4v) is 13.7. The van der Waals surface area contributed by atoms with Crippen molar-refractivity contribution in [1.29, 1.82) is 0 Å².